The number of rotatable bonds is 7. The Balaban J connectivity index is 3.48. The SMILES string of the molecule is CCN(CCOC(C)C)CC(C)F. The topological polar surface area (TPSA) is 12.5 Å². The van der Waals surface area contributed by atoms with Gasteiger partial charge in [-0.2, -0.15) is 0 Å². The van der Waals surface area contributed by atoms with Crippen molar-refractivity contribution < 1.29 is 9.13 Å². The molecule has 0 rings (SSSR count). The molecule has 0 fully saturated rings. The maximum atomic E-state index is 12.6. The summed E-state index contributed by atoms with van der Waals surface area (Å²) in [6, 6.07) is 0. The van der Waals surface area contributed by atoms with Gasteiger partial charge in [0.15, 0.2) is 0 Å². The van der Waals surface area contributed by atoms with Crippen LogP contribution in [0.4, 0.5) is 4.39 Å². The van der Waals surface area contributed by atoms with Crippen LogP contribution in [0.1, 0.15) is 27.7 Å². The Morgan fingerprint density at radius 2 is 1.92 bits per heavy atom. The third-order valence-corrected chi connectivity index (χ3v) is 1.82. The van der Waals surface area contributed by atoms with Gasteiger partial charge in [0.1, 0.15) is 6.17 Å². The number of nitrogens with zero attached hydrogens (tertiary/aromatic N) is 1. The van der Waals surface area contributed by atoms with E-state index in [2.05, 4.69) is 4.90 Å². The van der Waals surface area contributed by atoms with Crippen LogP contribution in [0.3, 0.4) is 0 Å². The summed E-state index contributed by atoms with van der Waals surface area (Å²) in [6.07, 6.45) is -0.486. The van der Waals surface area contributed by atoms with Gasteiger partial charge in [-0.05, 0) is 27.3 Å². The molecule has 13 heavy (non-hydrogen) atoms. The van der Waals surface area contributed by atoms with E-state index < -0.39 is 6.17 Å². The molecule has 0 N–H and O–H groups in total. The summed E-state index contributed by atoms with van der Waals surface area (Å²) in [5, 5.41) is 0. The molecule has 0 aliphatic heterocycles. The zero-order valence-electron chi connectivity index (χ0n) is 9.22. The fourth-order valence-corrected chi connectivity index (χ4v) is 1.15. The molecule has 0 saturated carbocycles. The quantitative estimate of drug-likeness (QED) is 0.611. The normalized spacial score (nSPS) is 14.1. The highest BCUT2D eigenvalue weighted by atomic mass is 19.1. The number of hydrogen-bond donors (Lipinski definition) is 0. The van der Waals surface area contributed by atoms with E-state index in [1.807, 2.05) is 20.8 Å². The van der Waals surface area contributed by atoms with E-state index in [0.29, 0.717) is 13.2 Å². The molecule has 0 heterocycles. The van der Waals surface area contributed by atoms with Crippen LogP contribution in [0, 0.1) is 0 Å². The Bertz CT molecular complexity index is 117. The van der Waals surface area contributed by atoms with E-state index in [-0.39, 0.29) is 6.10 Å². The zero-order chi connectivity index (χ0) is 10.3. The first-order valence-electron chi connectivity index (χ1n) is 5.04. The molecule has 0 aromatic heterocycles. The van der Waals surface area contributed by atoms with Crippen molar-refractivity contribution in [1.29, 1.82) is 0 Å². The van der Waals surface area contributed by atoms with Crippen LogP contribution in [-0.4, -0.2) is 43.4 Å². The van der Waals surface area contributed by atoms with Crippen LogP contribution in [0.25, 0.3) is 0 Å². The van der Waals surface area contributed by atoms with Crippen molar-refractivity contribution in [3.8, 4) is 0 Å². The highest BCUT2D eigenvalue weighted by Crippen LogP contribution is 1.96. The lowest BCUT2D eigenvalue weighted by Crippen LogP contribution is -2.32. The second-order valence-electron chi connectivity index (χ2n) is 3.59. The van der Waals surface area contributed by atoms with Crippen LogP contribution in [0.2, 0.25) is 0 Å². The summed E-state index contributed by atoms with van der Waals surface area (Å²) < 4.78 is 18.0. The van der Waals surface area contributed by atoms with Gasteiger partial charge in [-0.3, -0.25) is 4.90 Å². The smallest absolute Gasteiger partial charge is 0.110 e. The van der Waals surface area contributed by atoms with Gasteiger partial charge in [-0.25, -0.2) is 4.39 Å². The first kappa shape index (κ1) is 12.8. The lowest BCUT2D eigenvalue weighted by Gasteiger charge is -2.21. The average molecular weight is 191 g/mol. The predicted molar refractivity (Wildman–Crippen MR) is 53.8 cm³/mol. The highest BCUT2D eigenvalue weighted by Gasteiger charge is 2.06. The lowest BCUT2D eigenvalue weighted by atomic mass is 10.3. The number of alkyl halides is 1. The largest absolute Gasteiger partial charge is 0.377 e. The first-order valence-corrected chi connectivity index (χ1v) is 5.04. The van der Waals surface area contributed by atoms with Gasteiger partial charge in [-0.15, -0.1) is 0 Å². The summed E-state index contributed by atoms with van der Waals surface area (Å²) in [4.78, 5) is 2.06. The molecule has 3 heteroatoms. The molecule has 0 spiro atoms. The Kier molecular flexibility index (Phi) is 7.19. The molecule has 0 radical (unpaired) electrons. The zero-order valence-corrected chi connectivity index (χ0v) is 9.22. The third-order valence-electron chi connectivity index (χ3n) is 1.82. The molecule has 0 aliphatic rings. The number of halogens is 1. The molecular weight excluding hydrogens is 169 g/mol. The first-order chi connectivity index (χ1) is 6.06. The maximum absolute atomic E-state index is 12.6. The summed E-state index contributed by atoms with van der Waals surface area (Å²) >= 11 is 0. The van der Waals surface area contributed by atoms with Crippen LogP contribution in [0.5, 0.6) is 0 Å². The van der Waals surface area contributed by atoms with Crippen LogP contribution < -0.4 is 0 Å². The molecule has 80 valence electrons. The van der Waals surface area contributed by atoms with Gasteiger partial charge >= 0.3 is 0 Å². The van der Waals surface area contributed by atoms with E-state index in [1.54, 1.807) is 6.92 Å². The highest BCUT2D eigenvalue weighted by molar-refractivity contribution is 4.59. The van der Waals surface area contributed by atoms with Gasteiger partial charge in [0.2, 0.25) is 0 Å². The Hall–Kier alpha value is -0.150. The van der Waals surface area contributed by atoms with Crippen molar-refractivity contribution in [3.05, 3.63) is 0 Å². The van der Waals surface area contributed by atoms with Gasteiger partial charge in [0.05, 0.1) is 12.7 Å². The summed E-state index contributed by atoms with van der Waals surface area (Å²) in [7, 11) is 0. The molecule has 1 atom stereocenters. The van der Waals surface area contributed by atoms with E-state index >= 15 is 0 Å². The average Bonchev–Trinajstić information content (AvgIpc) is 2.01. The fourth-order valence-electron chi connectivity index (χ4n) is 1.15. The van der Waals surface area contributed by atoms with Crippen molar-refractivity contribution in [2.24, 2.45) is 0 Å². The molecule has 2 nitrogen and oxygen atoms in total. The Morgan fingerprint density at radius 3 is 2.31 bits per heavy atom. The molecule has 0 amide bonds. The van der Waals surface area contributed by atoms with Crippen molar-refractivity contribution in [2.45, 2.75) is 40.0 Å². The van der Waals surface area contributed by atoms with E-state index in [4.69, 9.17) is 4.74 Å². The lowest BCUT2D eigenvalue weighted by molar-refractivity contribution is 0.0557. The Morgan fingerprint density at radius 1 is 1.31 bits per heavy atom. The van der Waals surface area contributed by atoms with Crippen molar-refractivity contribution in [3.63, 3.8) is 0 Å². The number of hydrogen-bond acceptors (Lipinski definition) is 2. The number of ether oxygens (including phenoxy) is 1. The molecule has 0 bridgehead atoms. The van der Waals surface area contributed by atoms with Crippen LogP contribution >= 0.6 is 0 Å². The van der Waals surface area contributed by atoms with E-state index in [9.17, 15) is 4.39 Å². The summed E-state index contributed by atoms with van der Waals surface area (Å²) in [6.45, 7) is 10.6. The van der Waals surface area contributed by atoms with Gasteiger partial charge < -0.3 is 4.74 Å². The van der Waals surface area contributed by atoms with Gasteiger partial charge in [0.25, 0.3) is 0 Å². The van der Waals surface area contributed by atoms with Gasteiger partial charge in [-0.1, -0.05) is 6.92 Å². The maximum Gasteiger partial charge on any atom is 0.110 e. The van der Waals surface area contributed by atoms with Crippen molar-refractivity contribution in [2.75, 3.05) is 26.2 Å². The van der Waals surface area contributed by atoms with Crippen LogP contribution in [0.15, 0.2) is 0 Å². The molecule has 0 aliphatic carbocycles. The predicted octanol–water partition coefficient (Wildman–Crippen LogP) is 2.09. The van der Waals surface area contributed by atoms with Crippen molar-refractivity contribution in [1.82, 2.24) is 4.90 Å². The summed E-state index contributed by atoms with van der Waals surface area (Å²) in [5.74, 6) is 0. The second kappa shape index (κ2) is 7.27. The van der Waals surface area contributed by atoms with Gasteiger partial charge in [0, 0.05) is 13.1 Å². The minimum atomic E-state index is -0.751. The third kappa shape index (κ3) is 8.19. The Labute approximate surface area is 81.1 Å². The molecule has 0 aromatic carbocycles. The van der Waals surface area contributed by atoms with Crippen LogP contribution in [-0.2, 0) is 4.74 Å². The fraction of sp³-hybridized carbons (Fsp3) is 1.00. The minimum absolute atomic E-state index is 0.265. The summed E-state index contributed by atoms with van der Waals surface area (Å²) in [5.41, 5.74) is 0. The standard InChI is InChI=1S/C10H22FNO/c1-5-12(8-10(4)11)6-7-13-9(2)3/h9-10H,5-8H2,1-4H3. The molecular formula is C10H22FNO. The van der Waals surface area contributed by atoms with Crippen molar-refractivity contribution >= 4 is 0 Å². The molecule has 1 unspecified atom stereocenters. The monoisotopic (exact) mass is 191 g/mol. The minimum Gasteiger partial charge on any atom is -0.377 e. The molecule has 0 saturated heterocycles. The number of likely N-dealkylation sites (N-methyl/N-ethyl adjacent to an activating group) is 1. The van der Waals surface area contributed by atoms with E-state index in [0.717, 1.165) is 13.1 Å². The molecule has 0 aromatic rings. The van der Waals surface area contributed by atoms with E-state index in [1.165, 1.54) is 0 Å². The second-order valence-corrected chi connectivity index (χ2v) is 3.59.